The van der Waals surface area contributed by atoms with Crippen molar-refractivity contribution in [3.8, 4) is 0 Å². The second-order valence-electron chi connectivity index (χ2n) is 6.66. The fraction of sp³-hybridized carbons (Fsp3) is 0.562. The summed E-state index contributed by atoms with van der Waals surface area (Å²) in [5.74, 6) is 0.813. The van der Waals surface area contributed by atoms with Gasteiger partial charge in [0.05, 0.1) is 5.69 Å². The number of thiocarbonyl (C=S) groups is 1. The molecule has 0 saturated carbocycles. The molecule has 0 atom stereocenters. The predicted molar refractivity (Wildman–Crippen MR) is 94.4 cm³/mol. The van der Waals surface area contributed by atoms with Gasteiger partial charge < -0.3 is 10.6 Å². The molecule has 0 spiro atoms. The van der Waals surface area contributed by atoms with Crippen LogP contribution >= 0.6 is 28.1 Å². The highest BCUT2D eigenvalue weighted by Crippen LogP contribution is 2.37. The van der Waals surface area contributed by atoms with Crippen LogP contribution in [0.1, 0.15) is 39.2 Å². The molecule has 4 heteroatoms. The van der Waals surface area contributed by atoms with Crippen LogP contribution < -0.4 is 10.6 Å². The maximum atomic E-state index is 5.67. The summed E-state index contributed by atoms with van der Waals surface area (Å²) in [6, 6.07) is 6.15. The van der Waals surface area contributed by atoms with Crippen LogP contribution in [0.2, 0.25) is 0 Å². The first-order valence-electron chi connectivity index (χ1n) is 7.13. The van der Waals surface area contributed by atoms with Gasteiger partial charge in [-0.05, 0) is 58.3 Å². The van der Waals surface area contributed by atoms with E-state index in [0.29, 0.717) is 10.4 Å². The van der Waals surface area contributed by atoms with Gasteiger partial charge in [0, 0.05) is 23.1 Å². The highest BCUT2D eigenvalue weighted by Gasteiger charge is 2.29. The minimum atomic E-state index is 0.416. The first-order valence-corrected chi connectivity index (χ1v) is 8.33. The molecule has 2 N–H and O–H groups in total. The summed E-state index contributed by atoms with van der Waals surface area (Å²) in [4.78, 5) is 2.90. The lowest BCUT2D eigenvalue weighted by atomic mass is 9.75. The molecule has 1 saturated heterocycles. The molecule has 1 aromatic carbocycles. The van der Waals surface area contributed by atoms with Crippen LogP contribution in [-0.4, -0.2) is 18.1 Å². The van der Waals surface area contributed by atoms with E-state index >= 15 is 0 Å². The Morgan fingerprint density at radius 1 is 1.30 bits per heavy atom. The molecule has 1 aliphatic rings. The van der Waals surface area contributed by atoms with E-state index in [4.69, 9.17) is 18.0 Å². The molecule has 20 heavy (non-hydrogen) atoms. The maximum Gasteiger partial charge on any atom is 0.104 e. The van der Waals surface area contributed by atoms with Gasteiger partial charge in [-0.1, -0.05) is 33.0 Å². The first kappa shape index (κ1) is 15.8. The molecule has 1 aliphatic heterocycles. The van der Waals surface area contributed by atoms with Crippen LogP contribution in [0, 0.1) is 11.3 Å². The van der Waals surface area contributed by atoms with Crippen LogP contribution in [0.4, 0.5) is 5.69 Å². The van der Waals surface area contributed by atoms with Crippen LogP contribution in [0.25, 0.3) is 0 Å². The minimum absolute atomic E-state index is 0.416. The van der Waals surface area contributed by atoms with E-state index in [9.17, 15) is 0 Å². The number of nitrogens with two attached hydrogens (primary N) is 1. The number of rotatable bonds is 2. The van der Waals surface area contributed by atoms with Crippen LogP contribution in [0.15, 0.2) is 22.7 Å². The third-order valence-corrected chi connectivity index (χ3v) is 5.16. The van der Waals surface area contributed by atoms with Crippen molar-refractivity contribution in [2.45, 2.75) is 33.6 Å². The molecular weight excluding hydrogens is 332 g/mol. The van der Waals surface area contributed by atoms with Gasteiger partial charge in [0.25, 0.3) is 0 Å². The smallest absolute Gasteiger partial charge is 0.104 e. The molecule has 0 amide bonds. The number of benzene rings is 1. The molecule has 110 valence electrons. The Hall–Kier alpha value is -0.610. The van der Waals surface area contributed by atoms with Gasteiger partial charge in [-0.15, -0.1) is 0 Å². The first-order chi connectivity index (χ1) is 9.29. The molecule has 2 nitrogen and oxygen atoms in total. The van der Waals surface area contributed by atoms with Crippen molar-refractivity contribution in [2.24, 2.45) is 17.1 Å². The van der Waals surface area contributed by atoms with Crippen molar-refractivity contribution in [3.63, 3.8) is 0 Å². The topological polar surface area (TPSA) is 29.3 Å². The summed E-state index contributed by atoms with van der Waals surface area (Å²) in [5.41, 5.74) is 8.25. The summed E-state index contributed by atoms with van der Waals surface area (Å²) in [6.07, 6.45) is 2.51. The highest BCUT2D eigenvalue weighted by molar-refractivity contribution is 9.10. The van der Waals surface area contributed by atoms with Gasteiger partial charge in [0.15, 0.2) is 0 Å². The predicted octanol–water partition coefficient (Wildman–Crippen LogP) is 4.35. The molecule has 0 unspecified atom stereocenters. The number of hydrogen-bond donors (Lipinski definition) is 1. The van der Waals surface area contributed by atoms with Gasteiger partial charge in [0.1, 0.15) is 4.99 Å². The van der Waals surface area contributed by atoms with E-state index in [1.54, 1.807) is 0 Å². The van der Waals surface area contributed by atoms with Gasteiger partial charge in [0.2, 0.25) is 0 Å². The van der Waals surface area contributed by atoms with Crippen LogP contribution in [0.3, 0.4) is 0 Å². The standard InChI is InChI=1S/C16H23BrN2S/c1-16(2,3)12-6-8-19(9-7-12)14-5-4-11(15(18)20)10-13(14)17/h4-5,10,12H,6-9H2,1-3H3,(H2,18,20). The van der Waals surface area contributed by atoms with E-state index in [1.165, 1.54) is 18.5 Å². The van der Waals surface area contributed by atoms with Crippen LogP contribution in [-0.2, 0) is 0 Å². The summed E-state index contributed by atoms with van der Waals surface area (Å²) in [7, 11) is 0. The van der Waals surface area contributed by atoms with E-state index in [2.05, 4.69) is 47.7 Å². The number of hydrogen-bond acceptors (Lipinski definition) is 2. The fourth-order valence-corrected chi connectivity index (χ4v) is 3.66. The Morgan fingerprint density at radius 3 is 2.35 bits per heavy atom. The SMILES string of the molecule is CC(C)(C)C1CCN(c2ccc(C(N)=S)cc2Br)CC1. The third kappa shape index (κ3) is 3.53. The summed E-state index contributed by atoms with van der Waals surface area (Å²) < 4.78 is 1.08. The zero-order chi connectivity index (χ0) is 14.9. The number of halogens is 1. The van der Waals surface area contributed by atoms with Crippen molar-refractivity contribution in [3.05, 3.63) is 28.2 Å². The Kier molecular flexibility index (Phi) is 4.75. The van der Waals surface area contributed by atoms with Crippen molar-refractivity contribution in [2.75, 3.05) is 18.0 Å². The molecule has 1 aromatic rings. The quantitative estimate of drug-likeness (QED) is 0.800. The average Bonchev–Trinajstić information content (AvgIpc) is 2.37. The Balaban J connectivity index is 2.09. The van der Waals surface area contributed by atoms with Crippen molar-refractivity contribution in [1.82, 2.24) is 0 Å². The molecule has 0 aromatic heterocycles. The Morgan fingerprint density at radius 2 is 1.90 bits per heavy atom. The minimum Gasteiger partial charge on any atom is -0.389 e. The van der Waals surface area contributed by atoms with Crippen LogP contribution in [0.5, 0.6) is 0 Å². The molecule has 1 heterocycles. The van der Waals surface area contributed by atoms with Gasteiger partial charge >= 0.3 is 0 Å². The summed E-state index contributed by atoms with van der Waals surface area (Å²) in [6.45, 7) is 9.28. The van der Waals surface area contributed by atoms with Gasteiger partial charge in [-0.2, -0.15) is 0 Å². The lowest BCUT2D eigenvalue weighted by Crippen LogP contribution is -2.38. The van der Waals surface area contributed by atoms with E-state index < -0.39 is 0 Å². The molecule has 2 rings (SSSR count). The monoisotopic (exact) mass is 354 g/mol. The van der Waals surface area contributed by atoms with Crippen molar-refractivity contribution >= 4 is 38.8 Å². The van der Waals surface area contributed by atoms with E-state index in [1.807, 2.05) is 12.1 Å². The molecular formula is C16H23BrN2S. The van der Waals surface area contributed by atoms with E-state index in [-0.39, 0.29) is 0 Å². The third-order valence-electron chi connectivity index (χ3n) is 4.29. The molecule has 0 aliphatic carbocycles. The summed E-state index contributed by atoms with van der Waals surface area (Å²) >= 11 is 8.67. The van der Waals surface area contributed by atoms with Crippen molar-refractivity contribution < 1.29 is 0 Å². The fourth-order valence-electron chi connectivity index (χ4n) is 2.90. The Labute approximate surface area is 135 Å². The maximum absolute atomic E-state index is 5.67. The largest absolute Gasteiger partial charge is 0.389 e. The molecule has 1 fully saturated rings. The highest BCUT2D eigenvalue weighted by atomic mass is 79.9. The zero-order valence-electron chi connectivity index (χ0n) is 12.4. The number of anilines is 1. The second-order valence-corrected chi connectivity index (χ2v) is 7.95. The van der Waals surface area contributed by atoms with E-state index in [0.717, 1.165) is 29.0 Å². The van der Waals surface area contributed by atoms with Gasteiger partial charge in [-0.3, -0.25) is 0 Å². The lowest BCUT2D eigenvalue weighted by Gasteiger charge is -2.40. The summed E-state index contributed by atoms with van der Waals surface area (Å²) in [5, 5.41) is 0. The lowest BCUT2D eigenvalue weighted by molar-refractivity contribution is 0.199. The second kappa shape index (κ2) is 6.02. The number of piperidine rings is 1. The zero-order valence-corrected chi connectivity index (χ0v) is 14.9. The van der Waals surface area contributed by atoms with Crippen molar-refractivity contribution in [1.29, 1.82) is 0 Å². The average molecular weight is 355 g/mol. The normalized spacial score (nSPS) is 17.3. The molecule has 0 bridgehead atoms. The molecule has 0 radical (unpaired) electrons. The number of nitrogens with zero attached hydrogens (tertiary/aromatic N) is 1. The Bertz CT molecular complexity index is 500. The van der Waals surface area contributed by atoms with Gasteiger partial charge in [-0.25, -0.2) is 0 Å².